The fourth-order valence-corrected chi connectivity index (χ4v) is 2.33. The molecule has 27 heavy (non-hydrogen) atoms. The van der Waals surface area contributed by atoms with E-state index in [1.165, 1.54) is 6.92 Å². The van der Waals surface area contributed by atoms with Crippen molar-refractivity contribution in [1.82, 2.24) is 10.6 Å². The monoisotopic (exact) mass is 396 g/mol. The first-order chi connectivity index (χ1) is 12.6. The number of hydrogen-bond donors (Lipinski definition) is 3. The van der Waals surface area contributed by atoms with Crippen molar-refractivity contribution in [3.05, 3.63) is 35.9 Å². The first-order valence-corrected chi connectivity index (χ1v) is 9.37. The molecule has 0 heterocycles. The van der Waals surface area contributed by atoms with Gasteiger partial charge in [-0.05, 0) is 45.4 Å². The van der Waals surface area contributed by atoms with Crippen LogP contribution in [0.3, 0.4) is 0 Å². The molecule has 1 aromatic rings. The number of carbonyl (C=O) groups excluding carboxylic acids is 3. The Kier molecular flexibility index (Phi) is 9.14. The van der Waals surface area contributed by atoms with Gasteiger partial charge in [0.1, 0.15) is 24.3 Å². The van der Waals surface area contributed by atoms with E-state index in [1.807, 2.05) is 30.3 Å². The number of rotatable bonds is 8. The summed E-state index contributed by atoms with van der Waals surface area (Å²) in [5, 5.41) is 5.05. The third kappa shape index (κ3) is 9.33. The minimum absolute atomic E-state index is 0.121. The molecule has 7 nitrogen and oxygen atoms in total. The van der Waals surface area contributed by atoms with Crippen LogP contribution < -0.4 is 10.6 Å². The molecular weight excluding hydrogens is 368 g/mol. The van der Waals surface area contributed by atoms with Gasteiger partial charge in [0, 0.05) is 0 Å². The van der Waals surface area contributed by atoms with Crippen LogP contribution >= 0.6 is 12.6 Å². The van der Waals surface area contributed by atoms with Gasteiger partial charge in [0.25, 0.3) is 0 Å². The normalized spacial score (nSPS) is 13.2. The molecule has 0 unspecified atom stereocenters. The van der Waals surface area contributed by atoms with Crippen molar-refractivity contribution in [3.8, 4) is 0 Å². The van der Waals surface area contributed by atoms with Gasteiger partial charge >= 0.3 is 12.1 Å². The van der Waals surface area contributed by atoms with Crippen molar-refractivity contribution in [2.24, 2.45) is 0 Å². The van der Waals surface area contributed by atoms with Crippen LogP contribution in [0.15, 0.2) is 30.3 Å². The molecule has 2 N–H and O–H groups in total. The molecule has 150 valence electrons. The lowest BCUT2D eigenvalue weighted by Gasteiger charge is -2.24. The van der Waals surface area contributed by atoms with Gasteiger partial charge in [-0.3, -0.25) is 4.79 Å². The Hall–Kier alpha value is -2.22. The molecule has 2 amide bonds. The average Bonchev–Trinajstić information content (AvgIpc) is 2.58. The summed E-state index contributed by atoms with van der Waals surface area (Å²) in [5.41, 5.74) is 0.171. The Balaban J connectivity index is 2.55. The summed E-state index contributed by atoms with van der Waals surface area (Å²) in [7, 11) is 0. The highest BCUT2D eigenvalue weighted by atomic mass is 32.1. The summed E-state index contributed by atoms with van der Waals surface area (Å²) >= 11 is 4.10. The molecule has 0 aliphatic rings. The predicted octanol–water partition coefficient (Wildman–Crippen LogP) is 2.45. The second-order valence-electron chi connectivity index (χ2n) is 7.03. The Morgan fingerprint density at radius 1 is 1.11 bits per heavy atom. The number of alkyl carbamates (subject to hydrolysis) is 1. The van der Waals surface area contributed by atoms with E-state index in [1.54, 1.807) is 20.8 Å². The van der Waals surface area contributed by atoms with Gasteiger partial charge in [-0.15, -0.1) is 0 Å². The van der Waals surface area contributed by atoms with Crippen LogP contribution in [-0.4, -0.2) is 41.4 Å². The van der Waals surface area contributed by atoms with Gasteiger partial charge in [-0.1, -0.05) is 30.3 Å². The first kappa shape index (κ1) is 22.8. The van der Waals surface area contributed by atoms with Crippen LogP contribution in [0.1, 0.15) is 39.7 Å². The van der Waals surface area contributed by atoms with Crippen LogP contribution in [-0.2, 0) is 25.7 Å². The number of nitrogens with one attached hydrogen (secondary N) is 2. The van der Waals surface area contributed by atoms with Gasteiger partial charge in [0.05, 0.1) is 0 Å². The quantitative estimate of drug-likeness (QED) is 0.464. The minimum atomic E-state index is -0.860. The summed E-state index contributed by atoms with van der Waals surface area (Å²) in [6, 6.07) is 7.52. The van der Waals surface area contributed by atoms with Crippen LogP contribution in [0.25, 0.3) is 0 Å². The van der Waals surface area contributed by atoms with Gasteiger partial charge in [-0.25, -0.2) is 9.59 Å². The molecular formula is C19H28N2O5S. The minimum Gasteiger partial charge on any atom is -0.459 e. The van der Waals surface area contributed by atoms with E-state index in [0.29, 0.717) is 12.2 Å². The lowest BCUT2D eigenvalue weighted by Crippen LogP contribution is -2.52. The van der Waals surface area contributed by atoms with Crippen molar-refractivity contribution < 1.29 is 23.9 Å². The zero-order valence-corrected chi connectivity index (χ0v) is 17.0. The molecule has 0 saturated carbocycles. The van der Waals surface area contributed by atoms with Crippen molar-refractivity contribution in [2.75, 3.05) is 5.75 Å². The zero-order chi connectivity index (χ0) is 20.4. The van der Waals surface area contributed by atoms with Gasteiger partial charge in [-0.2, -0.15) is 12.6 Å². The molecule has 0 spiro atoms. The second-order valence-corrected chi connectivity index (χ2v) is 7.48. The molecule has 2 atom stereocenters. The summed E-state index contributed by atoms with van der Waals surface area (Å²) in [5.74, 6) is -0.686. The average molecular weight is 397 g/mol. The third-order valence-electron chi connectivity index (χ3n) is 3.36. The van der Waals surface area contributed by atoms with Crippen LogP contribution in [0, 0.1) is 0 Å². The number of esters is 1. The highest BCUT2D eigenvalue weighted by Gasteiger charge is 2.26. The number of benzene rings is 1. The lowest BCUT2D eigenvalue weighted by atomic mass is 10.2. The molecule has 8 heteroatoms. The largest absolute Gasteiger partial charge is 0.459 e. The number of carbonyl (C=O) groups is 3. The first-order valence-electron chi connectivity index (χ1n) is 8.73. The van der Waals surface area contributed by atoms with Crippen molar-refractivity contribution in [3.63, 3.8) is 0 Å². The smallest absolute Gasteiger partial charge is 0.408 e. The maximum atomic E-state index is 12.4. The maximum absolute atomic E-state index is 12.4. The summed E-state index contributed by atoms with van der Waals surface area (Å²) in [4.78, 5) is 36.4. The van der Waals surface area contributed by atoms with E-state index in [0.717, 1.165) is 5.56 Å². The van der Waals surface area contributed by atoms with E-state index in [4.69, 9.17) is 9.47 Å². The van der Waals surface area contributed by atoms with Crippen LogP contribution in [0.2, 0.25) is 0 Å². The van der Waals surface area contributed by atoms with E-state index < -0.39 is 35.7 Å². The van der Waals surface area contributed by atoms with Crippen LogP contribution in [0.4, 0.5) is 4.79 Å². The Morgan fingerprint density at radius 2 is 1.74 bits per heavy atom. The van der Waals surface area contributed by atoms with E-state index in [-0.39, 0.29) is 6.61 Å². The standard InChI is InChI=1S/C19H28N2O5S/c1-13(17(23)25-12-14-8-6-5-7-9-14)20-16(22)15(10-11-27)21-18(24)26-19(2,3)4/h5-9,13,15,27H,10-12H2,1-4H3,(H,20,22)(H,21,24)/t13-,15-/m0/s1. The fourth-order valence-electron chi connectivity index (χ4n) is 2.07. The van der Waals surface area contributed by atoms with Gasteiger partial charge < -0.3 is 20.1 Å². The Labute approximate surface area is 165 Å². The molecule has 0 saturated heterocycles. The topological polar surface area (TPSA) is 93.7 Å². The fraction of sp³-hybridized carbons (Fsp3) is 0.526. The van der Waals surface area contributed by atoms with E-state index in [9.17, 15) is 14.4 Å². The number of hydrogen-bond acceptors (Lipinski definition) is 6. The molecule has 0 fully saturated rings. The molecule has 0 aliphatic carbocycles. The van der Waals surface area contributed by atoms with E-state index in [2.05, 4.69) is 23.3 Å². The SMILES string of the molecule is C[C@H](NC(=O)[C@H](CCS)NC(=O)OC(C)(C)C)C(=O)OCc1ccccc1. The summed E-state index contributed by atoms with van der Waals surface area (Å²) in [6.45, 7) is 6.83. The number of amides is 2. The predicted molar refractivity (Wildman–Crippen MR) is 105 cm³/mol. The molecule has 1 aromatic carbocycles. The zero-order valence-electron chi connectivity index (χ0n) is 16.2. The molecule has 0 aliphatic heterocycles. The van der Waals surface area contributed by atoms with Gasteiger partial charge in [0.2, 0.25) is 5.91 Å². The Morgan fingerprint density at radius 3 is 2.30 bits per heavy atom. The number of thiol groups is 1. The highest BCUT2D eigenvalue weighted by molar-refractivity contribution is 7.80. The van der Waals surface area contributed by atoms with Gasteiger partial charge in [0.15, 0.2) is 0 Å². The van der Waals surface area contributed by atoms with Crippen molar-refractivity contribution in [2.45, 2.75) is 58.4 Å². The summed E-state index contributed by atoms with van der Waals surface area (Å²) in [6.07, 6.45) is -0.413. The molecule has 0 radical (unpaired) electrons. The maximum Gasteiger partial charge on any atom is 0.408 e. The third-order valence-corrected chi connectivity index (χ3v) is 3.62. The van der Waals surface area contributed by atoms with E-state index >= 15 is 0 Å². The molecule has 0 aromatic heterocycles. The van der Waals surface area contributed by atoms with Crippen molar-refractivity contribution >= 4 is 30.6 Å². The van der Waals surface area contributed by atoms with Crippen molar-refractivity contribution in [1.29, 1.82) is 0 Å². The molecule has 1 rings (SSSR count). The Bertz CT molecular complexity index is 631. The highest BCUT2D eigenvalue weighted by Crippen LogP contribution is 2.08. The summed E-state index contributed by atoms with van der Waals surface area (Å²) < 4.78 is 10.4. The lowest BCUT2D eigenvalue weighted by molar-refractivity contribution is -0.148. The number of ether oxygens (including phenoxy) is 2. The second kappa shape index (κ2) is 10.8. The molecule has 0 bridgehead atoms. The van der Waals surface area contributed by atoms with Crippen LogP contribution in [0.5, 0.6) is 0 Å².